The highest BCUT2D eigenvalue weighted by Crippen LogP contribution is 2.45. The van der Waals surface area contributed by atoms with Crippen molar-refractivity contribution in [1.82, 2.24) is 0 Å². The zero-order valence-electron chi connectivity index (χ0n) is 12.9. The van der Waals surface area contributed by atoms with Gasteiger partial charge in [0.25, 0.3) is 0 Å². The highest BCUT2D eigenvalue weighted by atomic mass is 16.5. The van der Waals surface area contributed by atoms with Crippen LogP contribution in [-0.2, 0) is 11.2 Å². The average Bonchev–Trinajstić information content (AvgIpc) is 2.44. The van der Waals surface area contributed by atoms with Crippen LogP contribution in [0.1, 0.15) is 32.8 Å². The second kappa shape index (κ2) is 5.73. The molecule has 2 bridgehead atoms. The lowest BCUT2D eigenvalue weighted by atomic mass is 9.65. The SMILES string of the molecule is CC1=C[C@H](C)[C@H]2CO[C@@H](CCc3ccccc3)[C@@H]1[C@@H]2C. The fourth-order valence-electron chi connectivity index (χ4n) is 4.30. The van der Waals surface area contributed by atoms with E-state index in [0.717, 1.165) is 31.3 Å². The number of allylic oxidation sites excluding steroid dienone is 1. The fourth-order valence-corrected chi connectivity index (χ4v) is 4.30. The smallest absolute Gasteiger partial charge is 0.0646 e. The van der Waals surface area contributed by atoms with E-state index in [9.17, 15) is 0 Å². The normalized spacial score (nSPS) is 36.5. The van der Waals surface area contributed by atoms with Gasteiger partial charge in [0, 0.05) is 5.92 Å². The van der Waals surface area contributed by atoms with E-state index < -0.39 is 0 Å². The van der Waals surface area contributed by atoms with Gasteiger partial charge in [-0.2, -0.15) is 0 Å². The second-order valence-corrected chi connectivity index (χ2v) is 6.71. The molecule has 3 rings (SSSR count). The molecule has 1 aromatic carbocycles. The number of aryl methyl sites for hydroxylation is 1. The number of rotatable bonds is 3. The van der Waals surface area contributed by atoms with Gasteiger partial charge in [0.05, 0.1) is 12.7 Å². The van der Waals surface area contributed by atoms with Gasteiger partial charge < -0.3 is 4.74 Å². The number of ether oxygens (including phenoxy) is 1. The van der Waals surface area contributed by atoms with Gasteiger partial charge in [-0.25, -0.2) is 0 Å². The summed E-state index contributed by atoms with van der Waals surface area (Å²) >= 11 is 0. The maximum absolute atomic E-state index is 6.24. The summed E-state index contributed by atoms with van der Waals surface area (Å²) in [5.74, 6) is 2.80. The Morgan fingerprint density at radius 3 is 2.65 bits per heavy atom. The molecule has 108 valence electrons. The van der Waals surface area contributed by atoms with E-state index in [4.69, 9.17) is 4.74 Å². The van der Waals surface area contributed by atoms with Crippen molar-refractivity contribution in [3.05, 3.63) is 47.5 Å². The Balaban J connectivity index is 1.70. The molecule has 0 spiro atoms. The Morgan fingerprint density at radius 1 is 1.15 bits per heavy atom. The molecule has 1 saturated heterocycles. The first-order valence-corrected chi connectivity index (χ1v) is 8.00. The van der Waals surface area contributed by atoms with Gasteiger partial charge in [-0.05, 0) is 43.1 Å². The minimum absolute atomic E-state index is 0.408. The minimum Gasteiger partial charge on any atom is -0.377 e. The molecule has 20 heavy (non-hydrogen) atoms. The summed E-state index contributed by atoms with van der Waals surface area (Å²) in [4.78, 5) is 0. The van der Waals surface area contributed by atoms with Crippen molar-refractivity contribution in [2.45, 2.75) is 39.7 Å². The minimum atomic E-state index is 0.408. The molecule has 1 aliphatic heterocycles. The number of hydrogen-bond acceptors (Lipinski definition) is 1. The first-order chi connectivity index (χ1) is 9.66. The van der Waals surface area contributed by atoms with E-state index in [1.165, 1.54) is 5.56 Å². The Kier molecular flexibility index (Phi) is 3.98. The van der Waals surface area contributed by atoms with Crippen LogP contribution in [0, 0.1) is 23.7 Å². The molecule has 1 aliphatic carbocycles. The van der Waals surface area contributed by atoms with Crippen molar-refractivity contribution >= 4 is 0 Å². The topological polar surface area (TPSA) is 9.23 Å². The summed E-state index contributed by atoms with van der Waals surface area (Å²) in [6, 6.07) is 10.8. The standard InChI is InChI=1S/C19H26O/c1-13-11-14(2)19-15(3)17(13)12-20-18(19)10-9-16-7-5-4-6-8-16/h4-8,11,13,15,17-19H,9-10,12H2,1-3H3/t13-,15+,17+,18-,19-/m0/s1. The van der Waals surface area contributed by atoms with Crippen molar-refractivity contribution in [2.24, 2.45) is 23.7 Å². The number of fused-ring (bicyclic) bond motifs is 2. The zero-order chi connectivity index (χ0) is 14.1. The highest BCUT2D eigenvalue weighted by molar-refractivity contribution is 5.18. The summed E-state index contributed by atoms with van der Waals surface area (Å²) in [5, 5.41) is 0. The summed E-state index contributed by atoms with van der Waals surface area (Å²) in [6.45, 7) is 8.02. The van der Waals surface area contributed by atoms with Gasteiger partial charge in [-0.1, -0.05) is 55.8 Å². The molecule has 1 nitrogen and oxygen atoms in total. The van der Waals surface area contributed by atoms with E-state index in [1.54, 1.807) is 5.57 Å². The molecule has 0 unspecified atom stereocenters. The molecule has 1 fully saturated rings. The van der Waals surface area contributed by atoms with Crippen LogP contribution in [0.5, 0.6) is 0 Å². The van der Waals surface area contributed by atoms with Crippen LogP contribution in [0.25, 0.3) is 0 Å². The van der Waals surface area contributed by atoms with Gasteiger partial charge in [0.2, 0.25) is 0 Å². The zero-order valence-corrected chi connectivity index (χ0v) is 12.9. The molecular weight excluding hydrogens is 244 g/mol. The van der Waals surface area contributed by atoms with Crippen LogP contribution in [0.15, 0.2) is 42.0 Å². The third kappa shape index (κ3) is 2.56. The lowest BCUT2D eigenvalue weighted by molar-refractivity contribution is -0.0935. The average molecular weight is 270 g/mol. The lowest BCUT2D eigenvalue weighted by Crippen LogP contribution is -2.46. The van der Waals surface area contributed by atoms with Crippen LogP contribution < -0.4 is 0 Å². The first-order valence-electron chi connectivity index (χ1n) is 8.00. The monoisotopic (exact) mass is 270 g/mol. The predicted octanol–water partition coefficient (Wildman–Crippen LogP) is 4.48. The maximum Gasteiger partial charge on any atom is 0.0646 e. The first kappa shape index (κ1) is 13.9. The molecule has 0 saturated carbocycles. The molecule has 1 heteroatoms. The predicted molar refractivity (Wildman–Crippen MR) is 83.6 cm³/mol. The van der Waals surface area contributed by atoms with E-state index in [2.05, 4.69) is 57.2 Å². The van der Waals surface area contributed by atoms with E-state index in [1.807, 2.05) is 0 Å². The fraction of sp³-hybridized carbons (Fsp3) is 0.579. The molecule has 0 aromatic heterocycles. The molecule has 1 aromatic rings. The quantitative estimate of drug-likeness (QED) is 0.736. The summed E-state index contributed by atoms with van der Waals surface area (Å²) < 4.78 is 6.24. The van der Waals surface area contributed by atoms with Gasteiger partial charge >= 0.3 is 0 Å². The summed E-state index contributed by atoms with van der Waals surface area (Å²) in [7, 11) is 0. The number of benzene rings is 1. The van der Waals surface area contributed by atoms with Crippen LogP contribution in [-0.4, -0.2) is 12.7 Å². The second-order valence-electron chi connectivity index (χ2n) is 6.71. The van der Waals surface area contributed by atoms with Crippen LogP contribution in [0.3, 0.4) is 0 Å². The van der Waals surface area contributed by atoms with Crippen LogP contribution in [0.2, 0.25) is 0 Å². The molecule has 0 N–H and O–H groups in total. The van der Waals surface area contributed by atoms with E-state index >= 15 is 0 Å². The maximum atomic E-state index is 6.24. The van der Waals surface area contributed by atoms with Crippen molar-refractivity contribution in [2.75, 3.05) is 6.61 Å². The Bertz CT molecular complexity index is 476. The van der Waals surface area contributed by atoms with Gasteiger partial charge in [0.15, 0.2) is 0 Å². The third-order valence-electron chi connectivity index (χ3n) is 5.43. The van der Waals surface area contributed by atoms with E-state index in [-0.39, 0.29) is 0 Å². The van der Waals surface area contributed by atoms with E-state index in [0.29, 0.717) is 17.9 Å². The highest BCUT2D eigenvalue weighted by Gasteiger charge is 2.42. The van der Waals surface area contributed by atoms with Gasteiger partial charge in [0.1, 0.15) is 0 Å². The molecule has 0 radical (unpaired) electrons. The van der Waals surface area contributed by atoms with Crippen molar-refractivity contribution in [1.29, 1.82) is 0 Å². The Hall–Kier alpha value is -1.08. The largest absolute Gasteiger partial charge is 0.377 e. The van der Waals surface area contributed by atoms with Crippen LogP contribution >= 0.6 is 0 Å². The summed E-state index contributed by atoms with van der Waals surface area (Å²) in [5.41, 5.74) is 2.98. The van der Waals surface area contributed by atoms with Gasteiger partial charge in [-0.3, -0.25) is 0 Å². The van der Waals surface area contributed by atoms with Crippen molar-refractivity contribution < 1.29 is 4.74 Å². The Labute approximate surface area is 123 Å². The van der Waals surface area contributed by atoms with Crippen molar-refractivity contribution in [3.63, 3.8) is 0 Å². The Morgan fingerprint density at radius 2 is 1.90 bits per heavy atom. The summed E-state index contributed by atoms with van der Waals surface area (Å²) in [6.07, 6.45) is 5.17. The number of hydrogen-bond donors (Lipinski definition) is 0. The molecule has 2 aliphatic rings. The molecular formula is C19H26O. The lowest BCUT2D eigenvalue weighted by Gasteiger charge is -2.47. The molecule has 5 atom stereocenters. The van der Waals surface area contributed by atoms with Crippen molar-refractivity contribution in [3.8, 4) is 0 Å². The van der Waals surface area contributed by atoms with Crippen LogP contribution in [0.4, 0.5) is 0 Å². The third-order valence-corrected chi connectivity index (χ3v) is 5.43. The molecule has 1 heterocycles. The van der Waals surface area contributed by atoms with Gasteiger partial charge in [-0.15, -0.1) is 0 Å². The molecule has 0 amide bonds.